The summed E-state index contributed by atoms with van der Waals surface area (Å²) in [6.07, 6.45) is 0.719. The molecule has 0 aliphatic carbocycles. The van der Waals surface area contributed by atoms with Gasteiger partial charge in [0.05, 0.1) is 21.8 Å². The van der Waals surface area contributed by atoms with E-state index in [1.807, 2.05) is 43.3 Å². The van der Waals surface area contributed by atoms with Crippen molar-refractivity contribution in [2.45, 2.75) is 13.3 Å². The van der Waals surface area contributed by atoms with Crippen molar-refractivity contribution < 1.29 is 4.79 Å². The first-order valence-electron chi connectivity index (χ1n) is 8.51. The number of thiazole rings is 2. The van der Waals surface area contributed by atoms with E-state index in [2.05, 4.69) is 34.6 Å². The van der Waals surface area contributed by atoms with Crippen LogP contribution in [0, 0.1) is 6.92 Å². The third-order valence-electron chi connectivity index (χ3n) is 4.12. The van der Waals surface area contributed by atoms with E-state index in [1.54, 1.807) is 5.51 Å². The summed E-state index contributed by atoms with van der Waals surface area (Å²) in [5.74, 6) is -0.158. The van der Waals surface area contributed by atoms with Crippen molar-refractivity contribution in [1.82, 2.24) is 9.97 Å². The summed E-state index contributed by atoms with van der Waals surface area (Å²) in [7, 11) is 0. The number of nitrogens with zero attached hydrogens (tertiary/aromatic N) is 2. The molecule has 2 aromatic heterocycles. The van der Waals surface area contributed by atoms with Gasteiger partial charge in [-0.25, -0.2) is 9.97 Å². The second-order valence-corrected chi connectivity index (χ2v) is 7.90. The fraction of sp³-hybridized carbons (Fsp3) is 0.0952. The van der Waals surface area contributed by atoms with Crippen LogP contribution in [0.4, 0.5) is 5.13 Å². The van der Waals surface area contributed by atoms with E-state index >= 15 is 0 Å². The number of nitrogens with one attached hydrogen (secondary N) is 1. The van der Waals surface area contributed by atoms with Crippen molar-refractivity contribution in [2.24, 2.45) is 0 Å². The fourth-order valence-electron chi connectivity index (χ4n) is 2.80. The summed E-state index contributed by atoms with van der Waals surface area (Å²) < 4.78 is 0. The lowest BCUT2D eigenvalue weighted by atomic mass is 10.1. The Morgan fingerprint density at radius 1 is 1.04 bits per heavy atom. The molecule has 4 aromatic rings. The monoisotopic (exact) mass is 391 g/mol. The van der Waals surface area contributed by atoms with Crippen LogP contribution in [0.25, 0.3) is 10.4 Å². The first-order valence-corrected chi connectivity index (χ1v) is 10.2. The Hall–Kier alpha value is -2.83. The molecule has 1 N–H and O–H groups in total. The Morgan fingerprint density at radius 2 is 1.74 bits per heavy atom. The van der Waals surface area contributed by atoms with Crippen LogP contribution in [-0.2, 0) is 6.42 Å². The van der Waals surface area contributed by atoms with Gasteiger partial charge in [0.1, 0.15) is 4.88 Å². The van der Waals surface area contributed by atoms with Crippen LogP contribution in [0.3, 0.4) is 0 Å². The Kier molecular flexibility index (Phi) is 5.09. The highest BCUT2D eigenvalue weighted by atomic mass is 32.1. The van der Waals surface area contributed by atoms with Crippen LogP contribution in [0.15, 0.2) is 66.2 Å². The molecule has 4 nitrogen and oxygen atoms in total. The fourth-order valence-corrected chi connectivity index (χ4v) is 4.48. The van der Waals surface area contributed by atoms with Gasteiger partial charge in [0.2, 0.25) is 0 Å². The van der Waals surface area contributed by atoms with Gasteiger partial charge in [-0.15, -0.1) is 11.3 Å². The van der Waals surface area contributed by atoms with Gasteiger partial charge >= 0.3 is 0 Å². The molecule has 4 rings (SSSR count). The van der Waals surface area contributed by atoms with Crippen LogP contribution < -0.4 is 5.32 Å². The van der Waals surface area contributed by atoms with E-state index in [9.17, 15) is 4.79 Å². The standard InChI is InChI=1S/C21H17N3OS2/c1-14-18(26-13-22-14)20(25)24-21-23-17(12-15-8-4-2-5-9-15)19(27-21)16-10-6-3-7-11-16/h2-11,13H,12H2,1H3,(H,23,24,25). The summed E-state index contributed by atoms with van der Waals surface area (Å²) in [4.78, 5) is 23.1. The Labute approximate surface area is 165 Å². The zero-order valence-corrected chi connectivity index (χ0v) is 16.3. The minimum Gasteiger partial charge on any atom is -0.297 e. The highest BCUT2D eigenvalue weighted by Gasteiger charge is 2.17. The average molecular weight is 392 g/mol. The minimum absolute atomic E-state index is 0.158. The zero-order chi connectivity index (χ0) is 18.6. The molecule has 0 radical (unpaired) electrons. The molecule has 27 heavy (non-hydrogen) atoms. The van der Waals surface area contributed by atoms with Crippen molar-refractivity contribution in [2.75, 3.05) is 5.32 Å². The zero-order valence-electron chi connectivity index (χ0n) is 14.7. The number of benzene rings is 2. The molecular formula is C21H17N3OS2. The number of aromatic nitrogens is 2. The van der Waals surface area contributed by atoms with E-state index in [0.29, 0.717) is 10.0 Å². The van der Waals surface area contributed by atoms with Crippen molar-refractivity contribution >= 4 is 33.7 Å². The van der Waals surface area contributed by atoms with E-state index in [0.717, 1.165) is 28.2 Å². The molecule has 0 atom stereocenters. The summed E-state index contributed by atoms with van der Waals surface area (Å²) in [5, 5.41) is 3.55. The Bertz CT molecular complexity index is 1060. The maximum Gasteiger partial charge on any atom is 0.269 e. The maximum absolute atomic E-state index is 12.5. The van der Waals surface area contributed by atoms with E-state index in [1.165, 1.54) is 28.2 Å². The van der Waals surface area contributed by atoms with E-state index in [4.69, 9.17) is 4.98 Å². The number of hydrogen-bond acceptors (Lipinski definition) is 5. The predicted octanol–water partition coefficient (Wildman–Crippen LogP) is 5.42. The molecule has 0 saturated carbocycles. The van der Waals surface area contributed by atoms with Crippen molar-refractivity contribution in [3.8, 4) is 10.4 Å². The lowest BCUT2D eigenvalue weighted by molar-refractivity contribution is 0.103. The van der Waals surface area contributed by atoms with Gasteiger partial charge in [0.15, 0.2) is 5.13 Å². The molecule has 0 unspecified atom stereocenters. The topological polar surface area (TPSA) is 54.9 Å². The lowest BCUT2D eigenvalue weighted by Crippen LogP contribution is -2.11. The third-order valence-corrected chi connectivity index (χ3v) is 6.11. The van der Waals surface area contributed by atoms with Gasteiger partial charge in [-0.1, -0.05) is 72.0 Å². The largest absolute Gasteiger partial charge is 0.297 e. The Balaban J connectivity index is 1.67. The van der Waals surface area contributed by atoms with Gasteiger partial charge in [-0.2, -0.15) is 0 Å². The summed E-state index contributed by atoms with van der Waals surface area (Å²) in [6.45, 7) is 1.84. The predicted molar refractivity (Wildman–Crippen MR) is 112 cm³/mol. The molecule has 0 bridgehead atoms. The first kappa shape index (κ1) is 17.6. The summed E-state index contributed by atoms with van der Waals surface area (Å²) in [5.41, 5.74) is 5.68. The molecule has 2 heterocycles. The molecule has 0 fully saturated rings. The second kappa shape index (κ2) is 7.82. The number of carbonyl (C=O) groups excluding carboxylic acids is 1. The van der Waals surface area contributed by atoms with Crippen LogP contribution in [-0.4, -0.2) is 15.9 Å². The molecule has 134 valence electrons. The number of hydrogen-bond donors (Lipinski definition) is 1. The van der Waals surface area contributed by atoms with Crippen molar-refractivity contribution in [3.63, 3.8) is 0 Å². The smallest absolute Gasteiger partial charge is 0.269 e. The number of anilines is 1. The van der Waals surface area contributed by atoms with Crippen LogP contribution in [0.1, 0.15) is 26.6 Å². The molecule has 1 amide bonds. The van der Waals surface area contributed by atoms with Crippen molar-refractivity contribution in [1.29, 1.82) is 0 Å². The molecule has 2 aromatic carbocycles. The molecular weight excluding hydrogens is 374 g/mol. The average Bonchev–Trinajstić information content (AvgIpc) is 3.29. The summed E-state index contributed by atoms with van der Waals surface area (Å²) >= 11 is 2.85. The highest BCUT2D eigenvalue weighted by molar-refractivity contribution is 7.19. The number of aryl methyl sites for hydroxylation is 1. The van der Waals surface area contributed by atoms with Crippen LogP contribution >= 0.6 is 22.7 Å². The number of carbonyl (C=O) groups is 1. The van der Waals surface area contributed by atoms with Gasteiger partial charge in [0, 0.05) is 6.42 Å². The molecule has 0 aliphatic rings. The normalized spacial score (nSPS) is 10.7. The van der Waals surface area contributed by atoms with Crippen LogP contribution in [0.5, 0.6) is 0 Å². The van der Waals surface area contributed by atoms with Crippen molar-refractivity contribution in [3.05, 3.63) is 88.0 Å². The second-order valence-electron chi connectivity index (χ2n) is 6.04. The minimum atomic E-state index is -0.158. The van der Waals surface area contributed by atoms with E-state index in [-0.39, 0.29) is 5.91 Å². The van der Waals surface area contributed by atoms with Gasteiger partial charge in [-0.05, 0) is 18.1 Å². The number of rotatable bonds is 5. The molecule has 0 aliphatic heterocycles. The lowest BCUT2D eigenvalue weighted by Gasteiger charge is -2.02. The first-order chi connectivity index (χ1) is 13.2. The quantitative estimate of drug-likeness (QED) is 0.494. The third kappa shape index (κ3) is 3.97. The molecule has 0 spiro atoms. The van der Waals surface area contributed by atoms with Crippen LogP contribution in [0.2, 0.25) is 0 Å². The molecule has 0 saturated heterocycles. The highest BCUT2D eigenvalue weighted by Crippen LogP contribution is 2.34. The maximum atomic E-state index is 12.5. The van der Waals surface area contributed by atoms with Gasteiger partial charge in [-0.3, -0.25) is 10.1 Å². The van der Waals surface area contributed by atoms with Gasteiger partial charge in [0.25, 0.3) is 5.91 Å². The number of amides is 1. The summed E-state index contributed by atoms with van der Waals surface area (Å²) in [6, 6.07) is 20.4. The van der Waals surface area contributed by atoms with E-state index < -0.39 is 0 Å². The molecule has 6 heteroatoms. The van der Waals surface area contributed by atoms with Gasteiger partial charge < -0.3 is 0 Å². The Morgan fingerprint density at radius 3 is 2.41 bits per heavy atom. The SMILES string of the molecule is Cc1ncsc1C(=O)Nc1nc(Cc2ccccc2)c(-c2ccccc2)s1.